The van der Waals surface area contributed by atoms with Gasteiger partial charge in [-0.15, -0.1) is 0 Å². The summed E-state index contributed by atoms with van der Waals surface area (Å²) in [6, 6.07) is 18.0. The minimum atomic E-state index is 0.149. The molecule has 0 aromatic heterocycles. The lowest BCUT2D eigenvalue weighted by Crippen LogP contribution is -2.30. The smallest absolute Gasteiger partial charge is 0.171 e. The summed E-state index contributed by atoms with van der Waals surface area (Å²) < 4.78 is 5.44. The maximum absolute atomic E-state index is 5.44. The summed E-state index contributed by atoms with van der Waals surface area (Å²) in [5.74, 6) is 0.807. The number of rotatable bonds is 6. The fourth-order valence-electron chi connectivity index (χ4n) is 1.98. The number of ether oxygens (including phenoxy) is 1. The van der Waals surface area contributed by atoms with E-state index >= 15 is 0 Å². The molecule has 114 valence electrons. The van der Waals surface area contributed by atoms with Gasteiger partial charge in [0.1, 0.15) is 12.4 Å². The van der Waals surface area contributed by atoms with E-state index in [1.807, 2.05) is 42.5 Å². The summed E-state index contributed by atoms with van der Waals surface area (Å²) in [6.07, 6.45) is 1.72. The average molecular weight is 312 g/mol. The second kappa shape index (κ2) is 8.20. The van der Waals surface area contributed by atoms with Crippen LogP contribution in [-0.2, 0) is 0 Å². The minimum Gasteiger partial charge on any atom is -0.490 e. The molecule has 0 aliphatic heterocycles. The molecule has 0 saturated carbocycles. The molecule has 2 aromatic carbocycles. The number of nitrogens with one attached hydrogen (secondary N) is 2. The van der Waals surface area contributed by atoms with Crippen molar-refractivity contribution in [1.29, 1.82) is 0 Å². The molecule has 1 atom stereocenters. The van der Waals surface area contributed by atoms with Crippen molar-refractivity contribution >= 4 is 23.0 Å². The van der Waals surface area contributed by atoms with Gasteiger partial charge in [0, 0.05) is 5.69 Å². The van der Waals surface area contributed by atoms with Crippen molar-refractivity contribution in [2.24, 2.45) is 0 Å². The second-order valence-corrected chi connectivity index (χ2v) is 5.26. The van der Waals surface area contributed by atoms with E-state index in [-0.39, 0.29) is 6.04 Å². The average Bonchev–Trinajstić information content (AvgIpc) is 2.55. The zero-order valence-electron chi connectivity index (χ0n) is 12.6. The van der Waals surface area contributed by atoms with Gasteiger partial charge in [0.2, 0.25) is 0 Å². The molecular formula is C18H20N2OS. The molecule has 0 bridgehead atoms. The summed E-state index contributed by atoms with van der Waals surface area (Å²) in [4.78, 5) is 0. The molecule has 2 N–H and O–H groups in total. The fourth-order valence-corrected chi connectivity index (χ4v) is 2.27. The maximum Gasteiger partial charge on any atom is 0.171 e. The number of benzene rings is 2. The van der Waals surface area contributed by atoms with E-state index < -0.39 is 0 Å². The molecule has 0 saturated heterocycles. The Morgan fingerprint density at radius 2 is 1.86 bits per heavy atom. The topological polar surface area (TPSA) is 33.3 Å². The molecule has 3 nitrogen and oxygen atoms in total. The van der Waals surface area contributed by atoms with E-state index in [0.29, 0.717) is 11.7 Å². The van der Waals surface area contributed by atoms with Crippen LogP contribution in [0.4, 0.5) is 5.69 Å². The third-order valence-electron chi connectivity index (χ3n) is 3.13. The first-order valence-electron chi connectivity index (χ1n) is 7.15. The highest BCUT2D eigenvalue weighted by molar-refractivity contribution is 7.80. The number of hydrogen-bond acceptors (Lipinski definition) is 2. The largest absolute Gasteiger partial charge is 0.490 e. The standard InChI is InChI=1S/C18H20N2OS/c1-3-13-21-17-11-9-16(10-12-17)20-18(22)19-14(2)15-7-5-4-6-8-15/h3-12,14H,1,13H2,2H3,(H2,19,20,22)/t14-/m0/s1. The molecule has 0 heterocycles. The van der Waals surface area contributed by atoms with Crippen LogP contribution in [0, 0.1) is 0 Å². The Bertz CT molecular complexity index is 611. The van der Waals surface area contributed by atoms with Crippen LogP contribution in [-0.4, -0.2) is 11.7 Å². The number of hydrogen-bond donors (Lipinski definition) is 2. The third-order valence-corrected chi connectivity index (χ3v) is 3.35. The summed E-state index contributed by atoms with van der Waals surface area (Å²) in [5, 5.41) is 7.03. The van der Waals surface area contributed by atoms with Gasteiger partial charge in [0.05, 0.1) is 6.04 Å². The van der Waals surface area contributed by atoms with Crippen LogP contribution in [0.5, 0.6) is 5.75 Å². The first-order valence-corrected chi connectivity index (χ1v) is 7.56. The summed E-state index contributed by atoms with van der Waals surface area (Å²) in [5.41, 5.74) is 2.11. The van der Waals surface area contributed by atoms with Crippen LogP contribution in [0.15, 0.2) is 67.3 Å². The minimum absolute atomic E-state index is 0.149. The molecule has 0 amide bonds. The molecule has 2 rings (SSSR count). The predicted molar refractivity (Wildman–Crippen MR) is 96.3 cm³/mol. The summed E-state index contributed by atoms with van der Waals surface area (Å²) in [6.45, 7) is 6.20. The van der Waals surface area contributed by atoms with Crippen molar-refractivity contribution in [2.45, 2.75) is 13.0 Å². The Morgan fingerprint density at radius 1 is 1.18 bits per heavy atom. The highest BCUT2D eigenvalue weighted by Crippen LogP contribution is 2.16. The van der Waals surface area contributed by atoms with Crippen LogP contribution in [0.3, 0.4) is 0 Å². The van der Waals surface area contributed by atoms with Crippen molar-refractivity contribution in [1.82, 2.24) is 5.32 Å². The van der Waals surface area contributed by atoms with Gasteiger partial charge < -0.3 is 15.4 Å². The van der Waals surface area contributed by atoms with Crippen LogP contribution in [0.25, 0.3) is 0 Å². The Morgan fingerprint density at radius 3 is 2.50 bits per heavy atom. The van der Waals surface area contributed by atoms with E-state index in [2.05, 4.69) is 36.3 Å². The summed E-state index contributed by atoms with van der Waals surface area (Å²) in [7, 11) is 0. The predicted octanol–water partition coefficient (Wildman–Crippen LogP) is 4.30. The first kappa shape index (κ1) is 16.0. The normalized spacial score (nSPS) is 11.3. The lowest BCUT2D eigenvalue weighted by atomic mass is 10.1. The highest BCUT2D eigenvalue weighted by Gasteiger charge is 2.06. The van der Waals surface area contributed by atoms with Crippen molar-refractivity contribution in [3.8, 4) is 5.75 Å². The number of thiocarbonyl (C=S) groups is 1. The Hall–Kier alpha value is -2.33. The molecule has 4 heteroatoms. The summed E-state index contributed by atoms with van der Waals surface area (Å²) >= 11 is 5.35. The Kier molecular flexibility index (Phi) is 5.98. The van der Waals surface area contributed by atoms with Crippen molar-refractivity contribution in [3.05, 3.63) is 72.8 Å². The highest BCUT2D eigenvalue weighted by atomic mass is 32.1. The monoisotopic (exact) mass is 312 g/mol. The quantitative estimate of drug-likeness (QED) is 0.615. The van der Waals surface area contributed by atoms with Gasteiger partial charge in [-0.3, -0.25) is 0 Å². The van der Waals surface area contributed by atoms with Gasteiger partial charge in [-0.1, -0.05) is 43.0 Å². The lowest BCUT2D eigenvalue weighted by Gasteiger charge is -2.17. The third kappa shape index (κ3) is 4.90. The fraction of sp³-hybridized carbons (Fsp3) is 0.167. The molecule has 0 aliphatic rings. The van der Waals surface area contributed by atoms with Crippen molar-refractivity contribution < 1.29 is 4.74 Å². The van der Waals surface area contributed by atoms with Gasteiger partial charge in [-0.05, 0) is 49.0 Å². The van der Waals surface area contributed by atoms with E-state index in [9.17, 15) is 0 Å². The molecule has 0 radical (unpaired) electrons. The van der Waals surface area contributed by atoms with E-state index in [0.717, 1.165) is 11.4 Å². The second-order valence-electron chi connectivity index (χ2n) is 4.85. The van der Waals surface area contributed by atoms with Gasteiger partial charge in [0.15, 0.2) is 5.11 Å². The zero-order chi connectivity index (χ0) is 15.8. The molecular weight excluding hydrogens is 292 g/mol. The number of anilines is 1. The van der Waals surface area contributed by atoms with Crippen molar-refractivity contribution in [2.75, 3.05) is 11.9 Å². The van der Waals surface area contributed by atoms with Crippen LogP contribution in [0.1, 0.15) is 18.5 Å². The van der Waals surface area contributed by atoms with E-state index in [1.54, 1.807) is 6.08 Å². The van der Waals surface area contributed by atoms with E-state index in [1.165, 1.54) is 5.56 Å². The Balaban J connectivity index is 1.87. The molecule has 0 aliphatic carbocycles. The van der Waals surface area contributed by atoms with E-state index in [4.69, 9.17) is 17.0 Å². The lowest BCUT2D eigenvalue weighted by molar-refractivity contribution is 0.363. The van der Waals surface area contributed by atoms with Gasteiger partial charge in [-0.25, -0.2) is 0 Å². The van der Waals surface area contributed by atoms with Gasteiger partial charge >= 0.3 is 0 Å². The molecule has 0 spiro atoms. The van der Waals surface area contributed by atoms with Gasteiger partial charge in [0.25, 0.3) is 0 Å². The molecule has 2 aromatic rings. The Labute approximate surface area is 137 Å². The maximum atomic E-state index is 5.44. The first-order chi connectivity index (χ1) is 10.7. The van der Waals surface area contributed by atoms with Crippen LogP contribution >= 0.6 is 12.2 Å². The van der Waals surface area contributed by atoms with Crippen LogP contribution in [0.2, 0.25) is 0 Å². The molecule has 0 fully saturated rings. The molecule has 0 unspecified atom stereocenters. The van der Waals surface area contributed by atoms with Crippen molar-refractivity contribution in [3.63, 3.8) is 0 Å². The zero-order valence-corrected chi connectivity index (χ0v) is 13.4. The van der Waals surface area contributed by atoms with Gasteiger partial charge in [-0.2, -0.15) is 0 Å². The van der Waals surface area contributed by atoms with Crippen LogP contribution < -0.4 is 15.4 Å². The SMILES string of the molecule is C=CCOc1ccc(NC(=S)N[C@@H](C)c2ccccc2)cc1. The molecule has 22 heavy (non-hydrogen) atoms.